The highest BCUT2D eigenvalue weighted by Gasteiger charge is 2.14. The largest absolute Gasteiger partial charge is 0.488 e. The second-order valence-corrected chi connectivity index (χ2v) is 7.37. The number of benzene rings is 3. The van der Waals surface area contributed by atoms with Gasteiger partial charge in [0.15, 0.2) is 5.58 Å². The molecule has 1 aromatic heterocycles. The van der Waals surface area contributed by atoms with Crippen LogP contribution in [0.25, 0.3) is 22.1 Å². The number of nitrogens with two attached hydrogens (primary N) is 1. The number of fused-ring (bicyclic) bond motifs is 1. The molecule has 0 aliphatic heterocycles. The van der Waals surface area contributed by atoms with Crippen LogP contribution in [0.4, 0.5) is 0 Å². The lowest BCUT2D eigenvalue weighted by molar-refractivity contribution is -0.136. The molecule has 0 aliphatic carbocycles. The van der Waals surface area contributed by atoms with Crippen LogP contribution in [-0.2, 0) is 24.4 Å². The standard InChI is InChI=1S/C24H20ClNO4/c25-21-10-18(16-6-3-4-15(8-16)12-26)9-20-19(14-30-24(20)21)13-29-22-7-2-1-5-17(22)11-23(27)28/h1-10,14H,11-13,26H2,(H,27,28). The number of hydrogen-bond donors (Lipinski definition) is 2. The molecule has 0 saturated heterocycles. The van der Waals surface area contributed by atoms with E-state index in [-0.39, 0.29) is 13.0 Å². The molecule has 0 spiro atoms. The minimum Gasteiger partial charge on any atom is -0.488 e. The van der Waals surface area contributed by atoms with Crippen molar-refractivity contribution in [3.8, 4) is 16.9 Å². The Hall–Kier alpha value is -3.28. The van der Waals surface area contributed by atoms with Crippen LogP contribution in [-0.4, -0.2) is 11.1 Å². The van der Waals surface area contributed by atoms with Gasteiger partial charge in [0, 0.05) is 23.1 Å². The first kappa shape index (κ1) is 20.0. The topological polar surface area (TPSA) is 85.7 Å². The summed E-state index contributed by atoms with van der Waals surface area (Å²) in [6.07, 6.45) is 1.52. The van der Waals surface area contributed by atoms with E-state index in [2.05, 4.69) is 0 Å². The zero-order valence-electron chi connectivity index (χ0n) is 16.1. The van der Waals surface area contributed by atoms with Gasteiger partial charge in [-0.25, -0.2) is 0 Å². The first-order valence-corrected chi connectivity index (χ1v) is 9.84. The number of ether oxygens (including phenoxy) is 1. The summed E-state index contributed by atoms with van der Waals surface area (Å²) in [5.74, 6) is -0.372. The molecule has 5 nitrogen and oxygen atoms in total. The maximum Gasteiger partial charge on any atom is 0.307 e. The zero-order chi connectivity index (χ0) is 21.1. The number of rotatable bonds is 7. The molecule has 6 heteroatoms. The van der Waals surface area contributed by atoms with E-state index in [4.69, 9.17) is 31.6 Å². The van der Waals surface area contributed by atoms with Gasteiger partial charge >= 0.3 is 5.97 Å². The van der Waals surface area contributed by atoms with E-state index in [1.807, 2.05) is 42.5 Å². The Morgan fingerprint density at radius 1 is 1.03 bits per heavy atom. The van der Waals surface area contributed by atoms with Crippen LogP contribution in [0, 0.1) is 0 Å². The van der Waals surface area contributed by atoms with Gasteiger partial charge in [-0.05, 0) is 41.0 Å². The molecule has 4 aromatic rings. The number of furan rings is 1. The monoisotopic (exact) mass is 421 g/mol. The normalized spacial score (nSPS) is 11.0. The Morgan fingerprint density at radius 2 is 1.87 bits per heavy atom. The van der Waals surface area contributed by atoms with Crippen molar-refractivity contribution >= 4 is 28.5 Å². The van der Waals surface area contributed by atoms with Crippen LogP contribution in [0.15, 0.2) is 71.3 Å². The number of halogens is 1. The fourth-order valence-corrected chi connectivity index (χ4v) is 3.67. The molecule has 30 heavy (non-hydrogen) atoms. The molecule has 0 unspecified atom stereocenters. The Balaban J connectivity index is 1.66. The maximum atomic E-state index is 11.1. The number of carboxylic acid groups (broad SMARTS) is 1. The molecule has 0 fully saturated rings. The molecule has 3 N–H and O–H groups in total. The lowest BCUT2D eigenvalue weighted by Crippen LogP contribution is -2.04. The average molecular weight is 422 g/mol. The van der Waals surface area contributed by atoms with Crippen molar-refractivity contribution in [1.29, 1.82) is 0 Å². The maximum absolute atomic E-state index is 11.1. The summed E-state index contributed by atoms with van der Waals surface area (Å²) in [5, 5.41) is 10.5. The van der Waals surface area contributed by atoms with Crippen molar-refractivity contribution < 1.29 is 19.1 Å². The van der Waals surface area contributed by atoms with Gasteiger partial charge in [-0.2, -0.15) is 0 Å². The molecular formula is C24H20ClNO4. The summed E-state index contributed by atoms with van der Waals surface area (Å²) in [4.78, 5) is 11.1. The van der Waals surface area contributed by atoms with Crippen molar-refractivity contribution in [3.05, 3.63) is 88.6 Å². The highest BCUT2D eigenvalue weighted by Crippen LogP contribution is 2.34. The van der Waals surface area contributed by atoms with Crippen molar-refractivity contribution in [2.24, 2.45) is 5.73 Å². The second kappa shape index (κ2) is 8.61. The first-order chi connectivity index (χ1) is 14.5. The smallest absolute Gasteiger partial charge is 0.307 e. The van der Waals surface area contributed by atoms with E-state index in [9.17, 15) is 4.79 Å². The lowest BCUT2D eigenvalue weighted by Gasteiger charge is -2.10. The molecule has 3 aromatic carbocycles. The van der Waals surface area contributed by atoms with Crippen LogP contribution in [0.5, 0.6) is 5.75 Å². The fraction of sp³-hybridized carbons (Fsp3) is 0.125. The van der Waals surface area contributed by atoms with Crippen molar-refractivity contribution in [1.82, 2.24) is 0 Å². The number of carboxylic acids is 1. The van der Waals surface area contributed by atoms with E-state index in [1.165, 1.54) is 0 Å². The van der Waals surface area contributed by atoms with Gasteiger partial charge in [-0.3, -0.25) is 4.79 Å². The molecule has 152 valence electrons. The number of carbonyl (C=O) groups is 1. The van der Waals surface area contributed by atoms with Gasteiger partial charge < -0.3 is 20.0 Å². The van der Waals surface area contributed by atoms with Crippen molar-refractivity contribution in [3.63, 3.8) is 0 Å². The van der Waals surface area contributed by atoms with Crippen molar-refractivity contribution in [2.75, 3.05) is 0 Å². The third-order valence-corrected chi connectivity index (χ3v) is 5.18. The Labute approximate surface area is 178 Å². The van der Waals surface area contributed by atoms with Gasteiger partial charge in [0.1, 0.15) is 12.4 Å². The summed E-state index contributed by atoms with van der Waals surface area (Å²) in [7, 11) is 0. The van der Waals surface area contributed by atoms with Crippen LogP contribution < -0.4 is 10.5 Å². The summed E-state index contributed by atoms with van der Waals surface area (Å²) >= 11 is 6.47. The molecular weight excluding hydrogens is 402 g/mol. The van der Waals surface area contributed by atoms with Gasteiger partial charge in [0.05, 0.1) is 17.7 Å². The van der Waals surface area contributed by atoms with Crippen LogP contribution in [0.2, 0.25) is 5.02 Å². The molecule has 1 heterocycles. The molecule has 0 bridgehead atoms. The molecule has 0 atom stereocenters. The summed E-state index contributed by atoms with van der Waals surface area (Å²) in [6, 6.07) is 19.0. The molecule has 0 amide bonds. The first-order valence-electron chi connectivity index (χ1n) is 9.46. The Morgan fingerprint density at radius 3 is 2.67 bits per heavy atom. The van der Waals surface area contributed by atoms with E-state index < -0.39 is 5.97 Å². The predicted molar refractivity (Wildman–Crippen MR) is 117 cm³/mol. The second-order valence-electron chi connectivity index (χ2n) is 6.97. The number of hydrogen-bond acceptors (Lipinski definition) is 4. The van der Waals surface area contributed by atoms with Crippen molar-refractivity contribution in [2.45, 2.75) is 19.6 Å². The predicted octanol–water partition coefficient (Wildman–Crippen LogP) is 5.42. The molecule has 0 saturated carbocycles. The van der Waals surface area contributed by atoms with E-state index in [0.717, 1.165) is 27.6 Å². The highest BCUT2D eigenvalue weighted by molar-refractivity contribution is 6.35. The average Bonchev–Trinajstić information content (AvgIpc) is 3.16. The van der Waals surface area contributed by atoms with E-state index in [1.54, 1.807) is 24.5 Å². The van der Waals surface area contributed by atoms with E-state index in [0.29, 0.717) is 28.5 Å². The highest BCUT2D eigenvalue weighted by atomic mass is 35.5. The van der Waals surface area contributed by atoms with Gasteiger partial charge in [-0.15, -0.1) is 0 Å². The van der Waals surface area contributed by atoms with Gasteiger partial charge in [0.2, 0.25) is 0 Å². The SMILES string of the molecule is NCc1cccc(-c2cc(Cl)c3occ(COc4ccccc4CC(=O)O)c3c2)c1. The molecule has 4 rings (SSSR count). The lowest BCUT2D eigenvalue weighted by atomic mass is 10.0. The fourth-order valence-electron chi connectivity index (χ4n) is 3.41. The minimum atomic E-state index is -0.907. The summed E-state index contributed by atoms with van der Waals surface area (Å²) < 4.78 is 11.6. The zero-order valence-corrected chi connectivity index (χ0v) is 16.9. The Kier molecular flexibility index (Phi) is 5.74. The third kappa shape index (κ3) is 4.17. The van der Waals surface area contributed by atoms with E-state index >= 15 is 0 Å². The number of para-hydroxylation sites is 1. The van der Waals surface area contributed by atoms with Gasteiger partial charge in [-0.1, -0.05) is 48.0 Å². The summed E-state index contributed by atoms with van der Waals surface area (Å²) in [5.41, 5.74) is 10.8. The molecule has 0 radical (unpaired) electrons. The van der Waals surface area contributed by atoms with Crippen LogP contribution >= 0.6 is 11.6 Å². The third-order valence-electron chi connectivity index (χ3n) is 4.90. The summed E-state index contributed by atoms with van der Waals surface area (Å²) in [6.45, 7) is 0.691. The quantitative estimate of drug-likeness (QED) is 0.416. The number of aliphatic carboxylic acids is 1. The minimum absolute atomic E-state index is 0.101. The molecule has 0 aliphatic rings. The van der Waals surface area contributed by atoms with Gasteiger partial charge in [0.25, 0.3) is 0 Å². The van der Waals surface area contributed by atoms with Crippen LogP contribution in [0.3, 0.4) is 0 Å². The van der Waals surface area contributed by atoms with Crippen LogP contribution in [0.1, 0.15) is 16.7 Å². The Bertz CT molecular complexity index is 1220.